The van der Waals surface area contributed by atoms with Gasteiger partial charge in [-0.2, -0.15) is 0 Å². The number of amides is 1. The van der Waals surface area contributed by atoms with Gasteiger partial charge in [-0.25, -0.2) is 16.8 Å². The minimum atomic E-state index is -3.86. The molecule has 0 radical (unpaired) electrons. The van der Waals surface area contributed by atoms with Crippen molar-refractivity contribution in [3.05, 3.63) is 77.9 Å². The third kappa shape index (κ3) is 6.35. The highest BCUT2D eigenvalue weighted by Crippen LogP contribution is 2.27. The average Bonchev–Trinajstić information content (AvgIpc) is 2.81. The highest BCUT2D eigenvalue weighted by atomic mass is 32.2. The second-order valence-corrected chi connectivity index (χ2v) is 11.9. The highest BCUT2D eigenvalue weighted by molar-refractivity contribution is 7.92. The Morgan fingerprint density at radius 2 is 1.47 bits per heavy atom. The number of carbonyl (C=O) groups is 1. The van der Waals surface area contributed by atoms with Crippen LogP contribution >= 0.6 is 0 Å². The third-order valence-corrected chi connectivity index (χ3v) is 8.09. The second-order valence-electron chi connectivity index (χ2n) is 8.37. The molecule has 0 bridgehead atoms. The van der Waals surface area contributed by atoms with Gasteiger partial charge in [0.1, 0.15) is 11.8 Å². The Balaban J connectivity index is 1.77. The number of benzene rings is 3. The zero-order chi connectivity index (χ0) is 26.7. The summed E-state index contributed by atoms with van der Waals surface area (Å²) >= 11 is 0. The molecular formula is C25H29N3O6S2. The van der Waals surface area contributed by atoms with Crippen LogP contribution in [0.15, 0.2) is 71.6 Å². The monoisotopic (exact) mass is 531 g/mol. The summed E-state index contributed by atoms with van der Waals surface area (Å²) in [4.78, 5) is 13.0. The molecule has 0 fully saturated rings. The SMILES string of the molecule is COc1ccc(NS(=O)(=O)c2ccc(NC(=O)[C@H](C)N(c3cc(C)ccc3C)S(C)(=O)=O)cc2)cc1. The van der Waals surface area contributed by atoms with E-state index >= 15 is 0 Å². The van der Waals surface area contributed by atoms with Crippen LogP contribution in [0.5, 0.6) is 5.75 Å². The lowest BCUT2D eigenvalue weighted by Crippen LogP contribution is -2.45. The van der Waals surface area contributed by atoms with Gasteiger partial charge in [-0.3, -0.25) is 13.8 Å². The average molecular weight is 532 g/mol. The lowest BCUT2D eigenvalue weighted by Gasteiger charge is -2.29. The molecule has 1 atom stereocenters. The minimum Gasteiger partial charge on any atom is -0.497 e. The fourth-order valence-corrected chi connectivity index (χ4v) is 5.86. The number of aryl methyl sites for hydroxylation is 2. The van der Waals surface area contributed by atoms with Crippen LogP contribution < -0.4 is 19.1 Å². The number of hydrogen-bond acceptors (Lipinski definition) is 6. The Kier molecular flexibility index (Phi) is 7.95. The topological polar surface area (TPSA) is 122 Å². The van der Waals surface area contributed by atoms with E-state index < -0.39 is 32.0 Å². The quantitative estimate of drug-likeness (QED) is 0.432. The summed E-state index contributed by atoms with van der Waals surface area (Å²) < 4.78 is 59.3. The van der Waals surface area contributed by atoms with Crippen LogP contribution in [-0.2, 0) is 24.8 Å². The summed E-state index contributed by atoms with van der Waals surface area (Å²) in [6, 6.07) is 16.3. The van der Waals surface area contributed by atoms with Gasteiger partial charge < -0.3 is 10.1 Å². The van der Waals surface area contributed by atoms with Gasteiger partial charge in [-0.15, -0.1) is 0 Å². The van der Waals surface area contributed by atoms with E-state index in [0.29, 0.717) is 28.4 Å². The zero-order valence-electron chi connectivity index (χ0n) is 20.6. The molecule has 3 rings (SSSR count). The zero-order valence-corrected chi connectivity index (χ0v) is 22.3. The first-order valence-electron chi connectivity index (χ1n) is 11.0. The summed E-state index contributed by atoms with van der Waals surface area (Å²) in [5.41, 5.74) is 2.69. The molecule has 192 valence electrons. The largest absolute Gasteiger partial charge is 0.497 e. The molecule has 36 heavy (non-hydrogen) atoms. The Bertz CT molecular complexity index is 1450. The van der Waals surface area contributed by atoms with Gasteiger partial charge in [0.25, 0.3) is 10.0 Å². The number of nitrogens with one attached hydrogen (secondary N) is 2. The number of sulfonamides is 2. The van der Waals surface area contributed by atoms with Crippen molar-refractivity contribution in [2.45, 2.75) is 31.7 Å². The van der Waals surface area contributed by atoms with Gasteiger partial charge in [0.05, 0.1) is 23.9 Å². The summed E-state index contributed by atoms with van der Waals surface area (Å²) in [5, 5.41) is 2.66. The predicted octanol–water partition coefficient (Wildman–Crippen LogP) is 3.91. The molecule has 1 amide bonds. The molecule has 0 aliphatic heterocycles. The number of carbonyl (C=O) groups excluding carboxylic acids is 1. The number of nitrogens with zero attached hydrogens (tertiary/aromatic N) is 1. The predicted molar refractivity (Wildman–Crippen MR) is 142 cm³/mol. The minimum absolute atomic E-state index is 0.00230. The van der Waals surface area contributed by atoms with Gasteiger partial charge in [-0.05, 0) is 86.5 Å². The number of hydrogen-bond donors (Lipinski definition) is 2. The number of methoxy groups -OCH3 is 1. The molecule has 2 N–H and O–H groups in total. The van der Waals surface area contributed by atoms with Crippen molar-refractivity contribution < 1.29 is 26.4 Å². The lowest BCUT2D eigenvalue weighted by atomic mass is 10.1. The first-order valence-corrected chi connectivity index (χ1v) is 14.3. The molecule has 0 unspecified atom stereocenters. The van der Waals surface area contributed by atoms with E-state index in [4.69, 9.17) is 4.74 Å². The van der Waals surface area contributed by atoms with E-state index in [0.717, 1.165) is 16.1 Å². The molecule has 0 aromatic heterocycles. The van der Waals surface area contributed by atoms with Crippen LogP contribution in [0.3, 0.4) is 0 Å². The van der Waals surface area contributed by atoms with E-state index in [1.54, 1.807) is 43.3 Å². The molecule has 9 nitrogen and oxygen atoms in total. The molecule has 0 heterocycles. The molecule has 11 heteroatoms. The fraction of sp³-hybridized carbons (Fsp3) is 0.240. The fourth-order valence-electron chi connectivity index (χ4n) is 3.58. The van der Waals surface area contributed by atoms with Crippen molar-refractivity contribution in [3.8, 4) is 5.75 Å². The molecule has 0 aliphatic carbocycles. The van der Waals surface area contributed by atoms with Crippen molar-refractivity contribution in [3.63, 3.8) is 0 Å². The van der Waals surface area contributed by atoms with Gasteiger partial charge in [0.15, 0.2) is 0 Å². The van der Waals surface area contributed by atoms with E-state index in [9.17, 15) is 21.6 Å². The summed E-state index contributed by atoms with van der Waals surface area (Å²) in [7, 11) is -6.12. The van der Waals surface area contributed by atoms with Crippen molar-refractivity contribution in [1.82, 2.24) is 0 Å². The summed E-state index contributed by atoms with van der Waals surface area (Å²) in [5.74, 6) is 0.0348. The van der Waals surface area contributed by atoms with Crippen LogP contribution in [0.1, 0.15) is 18.1 Å². The van der Waals surface area contributed by atoms with Crippen LogP contribution in [0, 0.1) is 13.8 Å². The maximum Gasteiger partial charge on any atom is 0.261 e. The van der Waals surface area contributed by atoms with E-state index in [1.165, 1.54) is 38.3 Å². The molecule has 3 aromatic carbocycles. The first kappa shape index (κ1) is 27.0. The Morgan fingerprint density at radius 3 is 2.03 bits per heavy atom. The normalized spacial score (nSPS) is 12.5. The van der Waals surface area contributed by atoms with E-state index in [-0.39, 0.29) is 4.90 Å². The lowest BCUT2D eigenvalue weighted by molar-refractivity contribution is -0.116. The van der Waals surface area contributed by atoms with Crippen LogP contribution in [-0.4, -0.2) is 42.2 Å². The van der Waals surface area contributed by atoms with E-state index in [1.807, 2.05) is 13.0 Å². The van der Waals surface area contributed by atoms with Crippen molar-refractivity contribution in [2.24, 2.45) is 0 Å². The maximum atomic E-state index is 13.0. The molecule has 0 spiro atoms. The maximum absolute atomic E-state index is 13.0. The van der Waals surface area contributed by atoms with Crippen LogP contribution in [0.4, 0.5) is 17.1 Å². The summed E-state index contributed by atoms with van der Waals surface area (Å²) in [6.45, 7) is 5.11. The highest BCUT2D eigenvalue weighted by Gasteiger charge is 2.30. The Morgan fingerprint density at radius 1 is 0.889 bits per heavy atom. The first-order chi connectivity index (χ1) is 16.8. The molecule has 0 saturated carbocycles. The molecule has 0 aliphatic rings. The Hall–Kier alpha value is -3.57. The Labute approximate surface area is 212 Å². The third-order valence-electron chi connectivity index (χ3n) is 5.46. The molecular weight excluding hydrogens is 502 g/mol. The number of ether oxygens (including phenoxy) is 1. The smallest absolute Gasteiger partial charge is 0.261 e. The van der Waals surface area contributed by atoms with Crippen molar-refractivity contribution in [2.75, 3.05) is 27.7 Å². The van der Waals surface area contributed by atoms with Crippen LogP contribution in [0.25, 0.3) is 0 Å². The number of rotatable bonds is 9. The number of anilines is 3. The standard InChI is InChI=1S/C25H29N3O6S2/c1-17-6-7-18(2)24(16-17)28(35(5,30)31)19(3)25(29)26-20-10-14-23(15-11-20)36(32,33)27-21-8-12-22(34-4)13-9-21/h6-16,19,27H,1-5H3,(H,26,29)/t19-/m0/s1. The van der Waals surface area contributed by atoms with Gasteiger partial charge in [0.2, 0.25) is 15.9 Å². The summed E-state index contributed by atoms with van der Waals surface area (Å²) in [6.07, 6.45) is 1.05. The van der Waals surface area contributed by atoms with Crippen LogP contribution in [0.2, 0.25) is 0 Å². The van der Waals surface area contributed by atoms with E-state index in [2.05, 4.69) is 10.0 Å². The van der Waals surface area contributed by atoms with Crippen molar-refractivity contribution in [1.29, 1.82) is 0 Å². The van der Waals surface area contributed by atoms with Gasteiger partial charge in [-0.1, -0.05) is 12.1 Å². The van der Waals surface area contributed by atoms with Crippen molar-refractivity contribution >= 4 is 43.0 Å². The second kappa shape index (κ2) is 10.6. The van der Waals surface area contributed by atoms with Gasteiger partial charge in [0, 0.05) is 11.4 Å². The molecule has 0 saturated heterocycles. The molecule has 3 aromatic rings. The van der Waals surface area contributed by atoms with Gasteiger partial charge >= 0.3 is 0 Å².